The number of aryl methyl sites for hydroxylation is 1. The molecule has 0 bridgehead atoms. The van der Waals surface area contributed by atoms with Gasteiger partial charge in [-0.15, -0.1) is 0 Å². The summed E-state index contributed by atoms with van der Waals surface area (Å²) in [6.07, 6.45) is -1.01. The quantitative estimate of drug-likeness (QED) is 0.184. The average molecular weight is 648 g/mol. The molecule has 2 aromatic heterocycles. The van der Waals surface area contributed by atoms with Gasteiger partial charge in [0.2, 0.25) is 5.28 Å². The van der Waals surface area contributed by atoms with E-state index < -0.39 is 52.2 Å². The maximum Gasteiger partial charge on any atom is 0.340 e. The lowest BCUT2D eigenvalue weighted by molar-refractivity contribution is -0.0483. The molecule has 2 aliphatic heterocycles. The molecule has 0 spiro atoms. The number of hydrogen-bond donors (Lipinski definition) is 5. The number of nitrogens with zero attached hydrogens (tertiary/aromatic N) is 5. The average Bonchev–Trinajstić information content (AvgIpc) is 3.44. The molecule has 3 aromatic rings. The van der Waals surface area contributed by atoms with E-state index in [4.69, 9.17) is 35.4 Å². The third-order valence-corrected chi connectivity index (χ3v) is 10.6. The number of aromatic nitrogens is 4. The van der Waals surface area contributed by atoms with Gasteiger partial charge in [-0.3, -0.25) is 13.7 Å². The monoisotopic (exact) mass is 647 g/mol. The molecular weight excluding hydrogens is 616 g/mol. The first kappa shape index (κ1) is 31.4. The summed E-state index contributed by atoms with van der Waals surface area (Å²) in [5, 5.41) is 21.3. The van der Waals surface area contributed by atoms with E-state index >= 15 is 0 Å². The van der Waals surface area contributed by atoms with Crippen molar-refractivity contribution in [3.05, 3.63) is 41.4 Å². The third-order valence-electron chi connectivity index (χ3n) is 6.98. The van der Waals surface area contributed by atoms with Crippen LogP contribution in [0.2, 0.25) is 5.28 Å². The SMILES string of the molecule is O=P(O)(O)CP(=O)(O)OC[C@H]1O[C@@H](n2cnc3c(N4CCCCOCCCc5ccccc54)nc(Cl)nc32)C(O)C1O. The number of para-hydroxylation sites is 1. The molecule has 1 saturated heterocycles. The van der Waals surface area contributed by atoms with E-state index in [1.807, 2.05) is 23.1 Å². The highest BCUT2D eigenvalue weighted by atomic mass is 35.5. The maximum atomic E-state index is 12.1. The van der Waals surface area contributed by atoms with Gasteiger partial charge >= 0.3 is 15.2 Å². The van der Waals surface area contributed by atoms with Gasteiger partial charge in [-0.1, -0.05) is 18.2 Å². The lowest BCUT2D eigenvalue weighted by Gasteiger charge is -2.26. The van der Waals surface area contributed by atoms with Crippen LogP contribution in [-0.2, 0) is 29.5 Å². The topological polar surface area (TPSA) is 210 Å². The number of aliphatic hydroxyl groups is 2. The number of hydrogen-bond acceptors (Lipinski definition) is 11. The zero-order chi connectivity index (χ0) is 30.1. The van der Waals surface area contributed by atoms with Crippen LogP contribution in [0.15, 0.2) is 30.6 Å². The van der Waals surface area contributed by atoms with Gasteiger partial charge in [0.1, 0.15) is 18.3 Å². The summed E-state index contributed by atoms with van der Waals surface area (Å²) < 4.78 is 40.9. The van der Waals surface area contributed by atoms with Gasteiger partial charge in [-0.05, 0) is 48.9 Å². The fourth-order valence-electron chi connectivity index (χ4n) is 5.08. The summed E-state index contributed by atoms with van der Waals surface area (Å²) >= 11 is 6.40. The van der Waals surface area contributed by atoms with Crippen molar-refractivity contribution in [2.24, 2.45) is 0 Å². The van der Waals surface area contributed by atoms with Gasteiger partial charge in [-0.25, -0.2) is 4.98 Å². The van der Waals surface area contributed by atoms with Crippen molar-refractivity contribution in [2.75, 3.05) is 37.2 Å². The number of anilines is 2. The Morgan fingerprint density at radius 3 is 2.60 bits per heavy atom. The number of ether oxygens (including phenoxy) is 2. The number of rotatable bonds is 7. The van der Waals surface area contributed by atoms with Crippen molar-refractivity contribution in [1.29, 1.82) is 0 Å². The molecule has 1 aromatic carbocycles. The highest BCUT2D eigenvalue weighted by molar-refractivity contribution is 7.70. The standard InChI is InChI=1S/C24H32ClN5O10P2/c25-24-27-21(29-9-3-4-10-38-11-5-7-15-6-1-2-8-16(15)29)18-22(28-24)30(13-26-18)23-20(32)19(31)17(40-23)12-39-42(36,37)14-41(33,34)35/h1-2,6,8,13,17,19-20,23,31-32H,3-5,7,9-12,14H2,(H,36,37)(H2,33,34,35)/t17-,19?,20?,23-/m1/s1. The first-order valence-corrected chi connectivity index (χ1v) is 17.2. The Hall–Kier alpha value is -2.00. The van der Waals surface area contributed by atoms with Gasteiger partial charge in [0.15, 0.2) is 29.1 Å². The number of benzene rings is 1. The van der Waals surface area contributed by atoms with Crippen LogP contribution in [0.25, 0.3) is 11.2 Å². The fraction of sp³-hybridized carbons (Fsp3) is 0.542. The molecule has 4 heterocycles. The Balaban J connectivity index is 1.46. The van der Waals surface area contributed by atoms with Gasteiger partial charge in [0.05, 0.1) is 12.9 Å². The van der Waals surface area contributed by atoms with E-state index in [0.717, 1.165) is 36.9 Å². The van der Waals surface area contributed by atoms with E-state index in [0.29, 0.717) is 31.1 Å². The molecule has 42 heavy (non-hydrogen) atoms. The lowest BCUT2D eigenvalue weighted by atomic mass is 10.1. The minimum atomic E-state index is -4.85. The van der Waals surface area contributed by atoms with Crippen LogP contribution >= 0.6 is 26.8 Å². The molecule has 230 valence electrons. The Morgan fingerprint density at radius 1 is 1.05 bits per heavy atom. The van der Waals surface area contributed by atoms with E-state index in [1.165, 1.54) is 10.9 Å². The normalized spacial score (nSPS) is 25.6. The Bertz CT molecular complexity index is 1510. The molecule has 15 nitrogen and oxygen atoms in total. The summed E-state index contributed by atoms with van der Waals surface area (Å²) in [6.45, 7) is 1.19. The molecule has 5 atom stereocenters. The molecule has 2 aliphatic rings. The molecule has 1 fully saturated rings. The minimum Gasteiger partial charge on any atom is -0.387 e. The largest absolute Gasteiger partial charge is 0.387 e. The first-order valence-electron chi connectivity index (χ1n) is 13.3. The van der Waals surface area contributed by atoms with Crippen LogP contribution in [0.4, 0.5) is 11.5 Å². The second-order valence-electron chi connectivity index (χ2n) is 10.1. The van der Waals surface area contributed by atoms with Crippen LogP contribution in [-0.4, -0.2) is 95.0 Å². The highest BCUT2D eigenvalue weighted by Crippen LogP contribution is 2.55. The summed E-state index contributed by atoms with van der Waals surface area (Å²) in [6, 6.07) is 7.97. The minimum absolute atomic E-state index is 0.0824. The summed E-state index contributed by atoms with van der Waals surface area (Å²) in [7, 11) is -9.56. The van der Waals surface area contributed by atoms with E-state index in [1.54, 1.807) is 0 Å². The predicted molar refractivity (Wildman–Crippen MR) is 151 cm³/mol. The number of imidazole rings is 1. The molecule has 3 unspecified atom stereocenters. The number of fused-ring (bicyclic) bond motifs is 2. The van der Waals surface area contributed by atoms with Crippen molar-refractivity contribution in [3.63, 3.8) is 0 Å². The predicted octanol–water partition coefficient (Wildman–Crippen LogP) is 2.32. The molecule has 0 saturated carbocycles. The van der Waals surface area contributed by atoms with Crippen LogP contribution in [0.5, 0.6) is 0 Å². The number of halogens is 1. The zero-order valence-electron chi connectivity index (χ0n) is 22.3. The smallest absolute Gasteiger partial charge is 0.340 e. The van der Waals surface area contributed by atoms with Crippen molar-refractivity contribution in [1.82, 2.24) is 19.5 Å². The summed E-state index contributed by atoms with van der Waals surface area (Å²) in [5.41, 5.74) is 2.63. The van der Waals surface area contributed by atoms with Crippen LogP contribution in [0, 0.1) is 0 Å². The van der Waals surface area contributed by atoms with Crippen LogP contribution < -0.4 is 4.90 Å². The van der Waals surface area contributed by atoms with E-state index in [2.05, 4.69) is 21.0 Å². The Labute approximate surface area is 245 Å². The van der Waals surface area contributed by atoms with Crippen LogP contribution in [0.3, 0.4) is 0 Å². The summed E-state index contributed by atoms with van der Waals surface area (Å²) in [5.74, 6) is -0.950. The second kappa shape index (κ2) is 12.9. The van der Waals surface area contributed by atoms with Crippen molar-refractivity contribution < 1.29 is 48.0 Å². The molecular formula is C24H32ClN5O10P2. The third kappa shape index (κ3) is 7.20. The lowest BCUT2D eigenvalue weighted by Crippen LogP contribution is -2.33. The van der Waals surface area contributed by atoms with Gasteiger partial charge in [0.25, 0.3) is 0 Å². The summed E-state index contributed by atoms with van der Waals surface area (Å²) in [4.78, 5) is 43.2. The van der Waals surface area contributed by atoms with Crippen LogP contribution in [0.1, 0.15) is 31.1 Å². The maximum absolute atomic E-state index is 12.1. The highest BCUT2D eigenvalue weighted by Gasteiger charge is 2.46. The van der Waals surface area contributed by atoms with Crippen molar-refractivity contribution >= 4 is 49.5 Å². The zero-order valence-corrected chi connectivity index (χ0v) is 24.9. The Kier molecular flexibility index (Phi) is 9.67. The van der Waals surface area contributed by atoms with Crippen molar-refractivity contribution in [3.8, 4) is 0 Å². The Morgan fingerprint density at radius 2 is 1.81 bits per heavy atom. The van der Waals surface area contributed by atoms with E-state index in [9.17, 15) is 24.2 Å². The van der Waals surface area contributed by atoms with E-state index in [-0.39, 0.29) is 10.9 Å². The molecule has 18 heteroatoms. The molecule has 0 aliphatic carbocycles. The first-order chi connectivity index (χ1) is 19.9. The van der Waals surface area contributed by atoms with Gasteiger partial charge in [-0.2, -0.15) is 9.97 Å². The molecule has 5 N–H and O–H groups in total. The fourth-order valence-corrected chi connectivity index (χ4v) is 7.81. The van der Waals surface area contributed by atoms with Crippen molar-refractivity contribution in [2.45, 2.75) is 50.2 Å². The molecule has 5 rings (SSSR count). The molecule has 0 amide bonds. The van der Waals surface area contributed by atoms with Gasteiger partial charge in [0, 0.05) is 25.4 Å². The van der Waals surface area contributed by atoms with Gasteiger partial charge < -0.3 is 43.8 Å². The molecule has 0 radical (unpaired) electrons. The second-order valence-corrected chi connectivity index (χ2v) is 14.5. The number of aliphatic hydroxyl groups excluding tert-OH is 2.